The molecule has 18 nitrogen and oxygen atoms in total. The van der Waals surface area contributed by atoms with E-state index in [9.17, 15) is 28.8 Å². The average molecular weight is 1280 g/mol. The normalized spacial score (nSPS) is 32.6. The number of carbonyl (C=O) groups excluding carboxylic acids is 6. The van der Waals surface area contributed by atoms with E-state index >= 15 is 0 Å². The van der Waals surface area contributed by atoms with Crippen LogP contribution in [0.15, 0.2) is 36.4 Å². The summed E-state index contributed by atoms with van der Waals surface area (Å²) in [7, 11) is 3.23. The summed E-state index contributed by atoms with van der Waals surface area (Å²) in [5.41, 5.74) is 3.39. The molecule has 6 heterocycles. The van der Waals surface area contributed by atoms with Gasteiger partial charge in [0.2, 0.25) is 23.6 Å². The second-order valence-electron chi connectivity index (χ2n) is 28.4. The van der Waals surface area contributed by atoms with Crippen LogP contribution in [0.4, 0.5) is 0 Å². The predicted molar refractivity (Wildman–Crippen MR) is 320 cm³/mol. The Balaban J connectivity index is 0.000000205. The van der Waals surface area contributed by atoms with E-state index in [4.69, 9.17) is 48.4 Å². The minimum Gasteiger partial charge on any atom is -0.540 e. The van der Waals surface area contributed by atoms with E-state index in [1.807, 2.05) is 91.8 Å². The van der Waals surface area contributed by atoms with Gasteiger partial charge in [-0.2, -0.15) is 0 Å². The second kappa shape index (κ2) is 27.7. The van der Waals surface area contributed by atoms with Crippen LogP contribution in [-0.2, 0) is 88.2 Å². The molecule has 474 valence electrons. The van der Waals surface area contributed by atoms with Crippen molar-refractivity contribution in [2.24, 2.45) is 70.0 Å². The van der Waals surface area contributed by atoms with Crippen molar-refractivity contribution in [3.05, 3.63) is 47.8 Å². The van der Waals surface area contributed by atoms with Crippen LogP contribution in [-0.4, -0.2) is 130 Å². The molecule has 12 rings (SSSR count). The second-order valence-corrected chi connectivity index (χ2v) is 28.4. The van der Waals surface area contributed by atoms with Gasteiger partial charge in [-0.05, 0) is 147 Å². The first-order chi connectivity index (χ1) is 41.1. The number of rotatable bonds is 4. The molecule has 2 radical (unpaired) electrons. The minimum atomic E-state index is -0.788. The van der Waals surface area contributed by atoms with Crippen LogP contribution in [0.3, 0.4) is 0 Å². The molecule has 2 saturated heterocycles. The van der Waals surface area contributed by atoms with Crippen molar-refractivity contribution in [2.75, 3.05) is 27.3 Å². The number of benzene rings is 2. The third-order valence-electron chi connectivity index (χ3n) is 20.7. The van der Waals surface area contributed by atoms with Gasteiger partial charge in [-0.15, -0.1) is 0 Å². The first-order valence-electron chi connectivity index (χ1n) is 31.9. The van der Waals surface area contributed by atoms with E-state index in [1.54, 1.807) is 24.0 Å². The number of esters is 2. The summed E-state index contributed by atoms with van der Waals surface area (Å²) in [5, 5.41) is 0. The Morgan fingerprint density at radius 1 is 0.511 bits per heavy atom. The fourth-order valence-electron chi connectivity index (χ4n) is 15.2. The van der Waals surface area contributed by atoms with E-state index in [0.29, 0.717) is 82.6 Å². The molecule has 2 aromatic carbocycles. The number of methoxy groups -OCH3 is 2. The zero-order valence-corrected chi connectivity index (χ0v) is 55.7. The molecule has 8 aliphatic rings. The Morgan fingerprint density at radius 2 is 0.977 bits per heavy atom. The number of hydrogen-bond donors (Lipinski definition) is 0. The molecule has 2 aromatic heterocycles. The topological polar surface area (TPSA) is 216 Å². The third-order valence-corrected chi connectivity index (χ3v) is 20.7. The molecule has 4 aliphatic heterocycles. The van der Waals surface area contributed by atoms with Gasteiger partial charge in [0.15, 0.2) is 0 Å². The zero-order chi connectivity index (χ0) is 60.9. The van der Waals surface area contributed by atoms with Gasteiger partial charge >= 0.3 is 11.9 Å². The molecular formula is C68H88N6O12V2-2. The standard InChI is InChI=1S/2C34H44N3O6.2V/c1-19-28(18-38)37-17-30(19)43-32-26(35-25-12-11-21(41-5)15-27(25)36-32)10-8-6-7-9-22-23-13-20(23)14-29(22)42-31(39)16-24(33(37)40)34(2,3)4;1-19-28(18-38)37-17-29(19)42-32-26(35-25-12-11-22(41-5)15-27(25)36-32)10-8-6-7-9-20-13-21-14-23(21)31(20)43-30(39)16-24(33(37)40)34(2,3)4;;/h11-12,15,19-20,22-24,28-30H,6-10,13-14,16-17H2,1-5H3;11-12,15,19-21,23-24,28-29,31H,6-10,13-14,16-17H2,1-5H3;;/q2*-1;;/t19-,20+,22+,23+,24+,28+,29+,30-;19-,20+,21+,23-,24+,28+,29-,31-;;/m00../s1. The van der Waals surface area contributed by atoms with Crippen molar-refractivity contribution in [1.82, 2.24) is 29.7 Å². The molecule has 88 heavy (non-hydrogen) atoms. The Bertz CT molecular complexity index is 3210. The van der Waals surface area contributed by atoms with Gasteiger partial charge in [-0.3, -0.25) is 19.2 Å². The van der Waals surface area contributed by atoms with Gasteiger partial charge in [-0.1, -0.05) is 93.2 Å². The van der Waals surface area contributed by atoms with Crippen molar-refractivity contribution in [3.63, 3.8) is 0 Å². The third kappa shape index (κ3) is 14.4. The van der Waals surface area contributed by atoms with Gasteiger partial charge in [0.1, 0.15) is 47.3 Å². The summed E-state index contributed by atoms with van der Waals surface area (Å²) in [6.07, 6.45) is 17.0. The zero-order valence-electron chi connectivity index (χ0n) is 52.9. The van der Waals surface area contributed by atoms with Crippen LogP contribution in [0.2, 0.25) is 0 Å². The van der Waals surface area contributed by atoms with Gasteiger partial charge in [-0.25, -0.2) is 32.5 Å². The summed E-state index contributed by atoms with van der Waals surface area (Å²) >= 11 is 0. The van der Waals surface area contributed by atoms with E-state index in [0.717, 1.165) is 93.1 Å². The number of hydrogen-bond acceptors (Lipinski definition) is 16. The molecule has 0 unspecified atom stereocenters. The minimum absolute atomic E-state index is 0. The number of aromatic nitrogens is 4. The van der Waals surface area contributed by atoms with Gasteiger partial charge in [0.25, 0.3) is 0 Å². The largest absolute Gasteiger partial charge is 0.540 e. The average Bonchev–Trinajstić information content (AvgIpc) is 3.86. The summed E-state index contributed by atoms with van der Waals surface area (Å²) in [5.74, 6) is 2.40. The summed E-state index contributed by atoms with van der Waals surface area (Å²) in [6.45, 7) is 16.0. The fraction of sp³-hybridized carbons (Fsp3) is 0.676. The number of fused-ring (bicyclic) bond motifs is 14. The number of carbonyl (C=O) groups is 4. The molecule has 4 aliphatic carbocycles. The first kappa shape index (κ1) is 67.1. The first-order valence-corrected chi connectivity index (χ1v) is 31.9. The van der Waals surface area contributed by atoms with Crippen molar-refractivity contribution in [2.45, 2.75) is 195 Å². The molecule has 2 amide bonds. The maximum Gasteiger partial charge on any atom is 0.306 e. The van der Waals surface area contributed by atoms with Crippen LogP contribution in [0.1, 0.15) is 157 Å². The van der Waals surface area contributed by atoms with Gasteiger partial charge in [0, 0.05) is 49.2 Å². The summed E-state index contributed by atoms with van der Waals surface area (Å²) in [6, 6.07) is 9.66. The van der Waals surface area contributed by atoms with Crippen LogP contribution >= 0.6 is 0 Å². The molecule has 0 spiro atoms. The Morgan fingerprint density at radius 3 is 1.45 bits per heavy atom. The number of nitrogens with zero attached hydrogens (tertiary/aromatic N) is 6. The molecule has 4 bridgehead atoms. The van der Waals surface area contributed by atoms with E-state index in [1.165, 1.54) is 6.42 Å². The van der Waals surface area contributed by atoms with Crippen LogP contribution in [0.25, 0.3) is 22.1 Å². The van der Waals surface area contributed by atoms with E-state index in [-0.39, 0.29) is 111 Å². The Labute approximate surface area is 542 Å². The number of ether oxygens (including phenoxy) is 6. The summed E-state index contributed by atoms with van der Waals surface area (Å²) in [4.78, 5) is 102. The quantitative estimate of drug-likeness (QED) is 0.137. The smallest absolute Gasteiger partial charge is 0.306 e. The van der Waals surface area contributed by atoms with Gasteiger partial charge < -0.3 is 47.8 Å². The molecule has 0 N–H and O–H groups in total. The Kier molecular flexibility index (Phi) is 21.1. The number of amides is 2. The molecule has 16 atom stereocenters. The molecule has 4 aromatic rings. The SMILES string of the molecule is COc1ccc2nc3c(nc2c1)O[C@H]1CN(C(=O)[C@H](C(C)(C)C)CC(=O)O[C@@H]2C[C@H]4C[C@H]4[C@H]2CCCCC3)[C@H]([C-]=O)[C@@H]1C.COc1ccc2nc3c(nc2c1)O[C@H]1CN(C(=O)[C@H](C(C)(C)C)CC(=O)O[C@H]2[C@H](CCCCC3)C[C@@H]3C[C@@H]32)[C@H]([C-]=O)[C@@H]1C.[V].[V]. The number of aryl methyl sites for hydroxylation is 2. The van der Waals surface area contributed by atoms with Crippen molar-refractivity contribution in [3.8, 4) is 23.3 Å². The van der Waals surface area contributed by atoms with Crippen LogP contribution in [0, 0.1) is 70.0 Å². The van der Waals surface area contributed by atoms with Crippen molar-refractivity contribution >= 4 is 58.4 Å². The van der Waals surface area contributed by atoms with E-state index in [2.05, 4.69) is 12.6 Å². The molecule has 20 heteroatoms. The van der Waals surface area contributed by atoms with Crippen LogP contribution < -0.4 is 18.9 Å². The Hall–Kier alpha value is -5.29. The fourth-order valence-corrected chi connectivity index (χ4v) is 15.2. The summed E-state index contributed by atoms with van der Waals surface area (Å²) < 4.78 is 36.2. The van der Waals surface area contributed by atoms with Crippen molar-refractivity contribution in [1.29, 1.82) is 0 Å². The predicted octanol–water partition coefficient (Wildman–Crippen LogP) is 10.2. The maximum absolute atomic E-state index is 14.1. The van der Waals surface area contributed by atoms with Crippen LogP contribution in [0.5, 0.6) is 23.3 Å². The monoisotopic (exact) mass is 1280 g/mol. The maximum atomic E-state index is 14.1. The van der Waals surface area contributed by atoms with Crippen molar-refractivity contribution < 1.29 is 94.3 Å². The molecule has 6 fully saturated rings. The molecule has 4 saturated carbocycles. The molecular weight excluding hydrogens is 1190 g/mol. The van der Waals surface area contributed by atoms with E-state index < -0.39 is 47.0 Å². The van der Waals surface area contributed by atoms with Gasteiger partial charge in [0.05, 0.1) is 74.1 Å².